The zero-order valence-electron chi connectivity index (χ0n) is 8.35. The van der Waals surface area contributed by atoms with Gasteiger partial charge in [0.25, 0.3) is 0 Å². The maximum absolute atomic E-state index is 10.9. The van der Waals surface area contributed by atoms with Crippen LogP contribution in [-0.2, 0) is 16.3 Å². The topological polar surface area (TPSA) is 54.4 Å². The molecule has 1 aromatic rings. The summed E-state index contributed by atoms with van der Waals surface area (Å²) in [6.07, 6.45) is 0.652. The number of halogens is 1. The number of hydrogen-bond donors (Lipinski definition) is 1. The Morgan fingerprint density at radius 3 is 2.33 bits per heavy atom. The third-order valence-corrected chi connectivity index (χ3v) is 3.40. The van der Waals surface area contributed by atoms with E-state index in [1.807, 2.05) is 24.3 Å². The molecule has 0 aliphatic heterocycles. The van der Waals surface area contributed by atoms with Gasteiger partial charge >= 0.3 is 0 Å². The highest BCUT2D eigenvalue weighted by molar-refractivity contribution is 9.10. The minimum Gasteiger partial charge on any atom is -0.392 e. The van der Waals surface area contributed by atoms with Crippen LogP contribution in [0.5, 0.6) is 0 Å². The minimum atomic E-state index is -3.11. The van der Waals surface area contributed by atoms with Gasteiger partial charge in [0.05, 0.1) is 11.9 Å². The summed E-state index contributed by atoms with van der Waals surface area (Å²) in [7, 11) is -3.11. The van der Waals surface area contributed by atoms with E-state index in [0.717, 1.165) is 16.3 Å². The lowest BCUT2D eigenvalue weighted by Gasteiger charge is -2.09. The Kier molecular flexibility index (Phi) is 4.31. The molecule has 0 aliphatic rings. The molecule has 3 nitrogen and oxygen atoms in total. The molecule has 0 spiro atoms. The third kappa shape index (κ3) is 5.30. The van der Waals surface area contributed by atoms with E-state index in [2.05, 4.69) is 15.9 Å². The molecule has 0 bridgehead atoms. The van der Waals surface area contributed by atoms with Gasteiger partial charge in [-0.1, -0.05) is 28.1 Å². The number of aliphatic hydroxyl groups excluding tert-OH is 1. The van der Waals surface area contributed by atoms with E-state index >= 15 is 0 Å². The second kappa shape index (κ2) is 5.09. The van der Waals surface area contributed by atoms with E-state index in [-0.39, 0.29) is 5.75 Å². The van der Waals surface area contributed by atoms with Gasteiger partial charge in [-0.2, -0.15) is 0 Å². The Morgan fingerprint density at radius 1 is 1.33 bits per heavy atom. The van der Waals surface area contributed by atoms with Crippen molar-refractivity contribution in [3.8, 4) is 0 Å². The Balaban J connectivity index is 2.59. The van der Waals surface area contributed by atoms with Crippen molar-refractivity contribution in [2.24, 2.45) is 0 Å². The molecule has 84 valence electrons. The maximum Gasteiger partial charge on any atom is 0.150 e. The maximum atomic E-state index is 10.9. The van der Waals surface area contributed by atoms with Gasteiger partial charge < -0.3 is 5.11 Å². The van der Waals surface area contributed by atoms with Crippen molar-refractivity contribution in [3.05, 3.63) is 34.3 Å². The van der Waals surface area contributed by atoms with Gasteiger partial charge in [0, 0.05) is 10.7 Å². The monoisotopic (exact) mass is 292 g/mol. The quantitative estimate of drug-likeness (QED) is 0.913. The number of aliphatic hydroxyl groups is 1. The fraction of sp³-hybridized carbons (Fsp3) is 0.400. The highest BCUT2D eigenvalue weighted by Crippen LogP contribution is 2.12. The molecule has 0 saturated carbocycles. The standard InChI is InChI=1S/C10H13BrO3S/c1-15(13,14)7-10(12)6-8-2-4-9(11)5-3-8/h2-5,10,12H,6-7H2,1H3. The highest BCUT2D eigenvalue weighted by atomic mass is 79.9. The number of sulfone groups is 1. The summed E-state index contributed by atoms with van der Waals surface area (Å²) in [5, 5.41) is 9.52. The molecule has 5 heteroatoms. The molecule has 1 rings (SSSR count). The lowest BCUT2D eigenvalue weighted by molar-refractivity contribution is 0.198. The largest absolute Gasteiger partial charge is 0.392 e. The van der Waals surface area contributed by atoms with Crippen LogP contribution < -0.4 is 0 Å². The average molecular weight is 293 g/mol. The Bertz CT molecular complexity index is 411. The van der Waals surface area contributed by atoms with E-state index in [1.54, 1.807) is 0 Å². The Hall–Kier alpha value is -0.390. The SMILES string of the molecule is CS(=O)(=O)CC(O)Cc1ccc(Br)cc1. The molecule has 1 atom stereocenters. The van der Waals surface area contributed by atoms with Crippen LogP contribution in [0.15, 0.2) is 28.7 Å². The molecule has 0 fully saturated rings. The van der Waals surface area contributed by atoms with E-state index in [4.69, 9.17) is 0 Å². The van der Waals surface area contributed by atoms with Crippen LogP contribution in [0.25, 0.3) is 0 Å². The predicted molar refractivity (Wildman–Crippen MR) is 63.6 cm³/mol. The van der Waals surface area contributed by atoms with Crippen LogP contribution in [-0.4, -0.2) is 31.6 Å². The molecule has 1 aromatic carbocycles. The van der Waals surface area contributed by atoms with Crippen molar-refractivity contribution in [3.63, 3.8) is 0 Å². The van der Waals surface area contributed by atoms with Crippen LogP contribution in [0, 0.1) is 0 Å². The van der Waals surface area contributed by atoms with E-state index in [1.165, 1.54) is 0 Å². The lowest BCUT2D eigenvalue weighted by Crippen LogP contribution is -2.21. The molecule has 0 saturated heterocycles. The molecule has 0 radical (unpaired) electrons. The molecule has 0 aromatic heterocycles. The Morgan fingerprint density at radius 2 is 1.87 bits per heavy atom. The fourth-order valence-electron chi connectivity index (χ4n) is 1.30. The molecular formula is C10H13BrO3S. The smallest absolute Gasteiger partial charge is 0.150 e. The van der Waals surface area contributed by atoms with Gasteiger partial charge in [-0.05, 0) is 24.1 Å². The first-order chi connectivity index (χ1) is 6.87. The van der Waals surface area contributed by atoms with Gasteiger partial charge in [0.1, 0.15) is 9.84 Å². The summed E-state index contributed by atoms with van der Waals surface area (Å²) in [4.78, 5) is 0. The lowest BCUT2D eigenvalue weighted by atomic mass is 10.1. The second-order valence-electron chi connectivity index (χ2n) is 3.58. The minimum absolute atomic E-state index is 0.191. The van der Waals surface area contributed by atoms with Crippen molar-refractivity contribution < 1.29 is 13.5 Å². The number of hydrogen-bond acceptors (Lipinski definition) is 3. The molecule has 0 amide bonds. The third-order valence-electron chi connectivity index (χ3n) is 1.88. The van der Waals surface area contributed by atoms with Crippen molar-refractivity contribution in [1.29, 1.82) is 0 Å². The van der Waals surface area contributed by atoms with Gasteiger partial charge in [-0.15, -0.1) is 0 Å². The van der Waals surface area contributed by atoms with E-state index < -0.39 is 15.9 Å². The molecule has 15 heavy (non-hydrogen) atoms. The summed E-state index contributed by atoms with van der Waals surface area (Å²) in [6, 6.07) is 7.44. The predicted octanol–water partition coefficient (Wildman–Crippen LogP) is 1.40. The van der Waals surface area contributed by atoms with Crippen molar-refractivity contribution in [1.82, 2.24) is 0 Å². The summed E-state index contributed by atoms with van der Waals surface area (Å²) in [5.74, 6) is -0.191. The van der Waals surface area contributed by atoms with Crippen molar-refractivity contribution >= 4 is 25.8 Å². The first-order valence-electron chi connectivity index (χ1n) is 4.47. The normalized spacial score (nSPS) is 13.8. The molecule has 1 N–H and O–H groups in total. The van der Waals surface area contributed by atoms with Crippen LogP contribution in [0.1, 0.15) is 5.56 Å². The summed E-state index contributed by atoms with van der Waals surface area (Å²) < 4.78 is 22.8. The van der Waals surface area contributed by atoms with Gasteiger partial charge in [0.15, 0.2) is 0 Å². The first kappa shape index (κ1) is 12.7. The fourth-order valence-corrected chi connectivity index (χ4v) is 2.38. The highest BCUT2D eigenvalue weighted by Gasteiger charge is 2.12. The average Bonchev–Trinajstić information content (AvgIpc) is 2.05. The number of benzene rings is 1. The first-order valence-corrected chi connectivity index (χ1v) is 7.32. The van der Waals surface area contributed by atoms with E-state index in [0.29, 0.717) is 6.42 Å². The molecular weight excluding hydrogens is 280 g/mol. The summed E-state index contributed by atoms with van der Waals surface area (Å²) in [5.41, 5.74) is 0.925. The summed E-state index contributed by atoms with van der Waals surface area (Å²) in [6.45, 7) is 0. The van der Waals surface area contributed by atoms with Crippen molar-refractivity contribution in [2.45, 2.75) is 12.5 Å². The zero-order chi connectivity index (χ0) is 11.5. The molecule has 0 aliphatic carbocycles. The van der Waals surface area contributed by atoms with Gasteiger partial charge in [-0.25, -0.2) is 8.42 Å². The zero-order valence-corrected chi connectivity index (χ0v) is 10.8. The van der Waals surface area contributed by atoms with Crippen LogP contribution in [0.4, 0.5) is 0 Å². The van der Waals surface area contributed by atoms with Crippen LogP contribution >= 0.6 is 15.9 Å². The number of rotatable bonds is 4. The summed E-state index contributed by atoms with van der Waals surface area (Å²) >= 11 is 3.30. The van der Waals surface area contributed by atoms with Crippen LogP contribution in [0.2, 0.25) is 0 Å². The van der Waals surface area contributed by atoms with Gasteiger partial charge in [0.2, 0.25) is 0 Å². The van der Waals surface area contributed by atoms with Crippen molar-refractivity contribution in [2.75, 3.05) is 12.0 Å². The molecule has 1 unspecified atom stereocenters. The van der Waals surface area contributed by atoms with E-state index in [9.17, 15) is 13.5 Å². The van der Waals surface area contributed by atoms with Gasteiger partial charge in [-0.3, -0.25) is 0 Å². The Labute approximate surface area is 98.2 Å². The molecule has 0 heterocycles. The van der Waals surface area contributed by atoms with Crippen LogP contribution in [0.3, 0.4) is 0 Å². The second-order valence-corrected chi connectivity index (χ2v) is 6.68.